The normalized spacial score (nSPS) is 26.3. The fourth-order valence-corrected chi connectivity index (χ4v) is 1.83. The zero-order chi connectivity index (χ0) is 13.3. The lowest BCUT2D eigenvalue weighted by molar-refractivity contribution is -0.143. The maximum Gasteiger partial charge on any atom is 0.205 e. The summed E-state index contributed by atoms with van der Waals surface area (Å²) in [5.41, 5.74) is -1.22. The van der Waals surface area contributed by atoms with Crippen molar-refractivity contribution < 1.29 is 19.8 Å². The van der Waals surface area contributed by atoms with E-state index in [0.717, 1.165) is 6.92 Å². The molecule has 4 nitrogen and oxygen atoms in total. The number of rotatable bonds is 1. The quantitative estimate of drug-likeness (QED) is 0.445. The number of Topliss-reactive ketones (excluding diaryl/α,β-unsaturated/α-hetero) is 1. The zero-order valence-electron chi connectivity index (χ0n) is 9.75. The minimum absolute atomic E-state index is 0.0641. The van der Waals surface area contributed by atoms with Gasteiger partial charge in [-0.1, -0.05) is 30.3 Å². The van der Waals surface area contributed by atoms with Crippen molar-refractivity contribution in [1.29, 1.82) is 0 Å². The highest BCUT2D eigenvalue weighted by Gasteiger charge is 2.44. The number of ketones is 2. The molecule has 0 saturated carbocycles. The van der Waals surface area contributed by atoms with Gasteiger partial charge in [-0.15, -0.1) is 0 Å². The molecule has 2 N–H and O–H groups in total. The number of hydrogen-bond donors (Lipinski definition) is 2. The van der Waals surface area contributed by atoms with Crippen molar-refractivity contribution >= 4 is 17.1 Å². The average Bonchev–Trinajstić information content (AvgIpc) is 2.37. The molecule has 1 atom stereocenters. The van der Waals surface area contributed by atoms with E-state index in [9.17, 15) is 14.7 Å². The Balaban J connectivity index is 2.61. The molecule has 0 fully saturated rings. The summed E-state index contributed by atoms with van der Waals surface area (Å²) in [7, 11) is 0. The van der Waals surface area contributed by atoms with E-state index in [1.54, 1.807) is 30.3 Å². The highest BCUT2D eigenvalue weighted by atomic mass is 16.3. The number of carbonyl (C=O) groups is 2. The van der Waals surface area contributed by atoms with E-state index in [1.165, 1.54) is 6.08 Å². The van der Waals surface area contributed by atoms with Crippen molar-refractivity contribution in [2.75, 3.05) is 0 Å². The lowest BCUT2D eigenvalue weighted by atomic mass is 9.79. The van der Waals surface area contributed by atoms with Crippen LogP contribution in [0.25, 0.3) is 5.57 Å². The van der Waals surface area contributed by atoms with Crippen molar-refractivity contribution in [3.8, 4) is 0 Å². The topological polar surface area (TPSA) is 74.6 Å². The molecule has 0 aromatic heterocycles. The first kappa shape index (κ1) is 12.3. The van der Waals surface area contributed by atoms with Gasteiger partial charge >= 0.3 is 0 Å². The molecule has 0 heterocycles. The van der Waals surface area contributed by atoms with Crippen molar-refractivity contribution in [1.82, 2.24) is 0 Å². The van der Waals surface area contributed by atoms with Crippen molar-refractivity contribution in [2.45, 2.75) is 12.5 Å². The van der Waals surface area contributed by atoms with Crippen LogP contribution in [0.4, 0.5) is 0 Å². The SMILES string of the molecule is C[C@@]1(O)C(=O)C=C(c2ccccc2)/C(=C/O)C1=O. The van der Waals surface area contributed by atoms with Gasteiger partial charge in [-0.2, -0.15) is 0 Å². The molecule has 4 heteroatoms. The average molecular weight is 244 g/mol. The molecule has 0 unspecified atom stereocenters. The molecule has 1 aromatic carbocycles. The van der Waals surface area contributed by atoms with E-state index in [0.29, 0.717) is 17.4 Å². The molecule has 0 spiro atoms. The number of aliphatic hydroxyl groups excluding tert-OH is 1. The number of hydrogen-bond acceptors (Lipinski definition) is 4. The summed E-state index contributed by atoms with van der Waals surface area (Å²) in [6.07, 6.45) is 1.81. The Labute approximate surface area is 104 Å². The first-order valence-corrected chi connectivity index (χ1v) is 5.42. The van der Waals surface area contributed by atoms with Crippen LogP contribution in [0.1, 0.15) is 12.5 Å². The van der Waals surface area contributed by atoms with E-state index in [1.807, 2.05) is 0 Å². The molecule has 1 aromatic rings. The second-order valence-electron chi connectivity index (χ2n) is 4.23. The third-order valence-electron chi connectivity index (χ3n) is 2.95. The van der Waals surface area contributed by atoms with Crippen LogP contribution in [-0.2, 0) is 9.59 Å². The molecule has 92 valence electrons. The van der Waals surface area contributed by atoms with Crippen LogP contribution in [0.2, 0.25) is 0 Å². The van der Waals surface area contributed by atoms with Gasteiger partial charge < -0.3 is 10.2 Å². The molecule has 1 aliphatic rings. The van der Waals surface area contributed by atoms with Crippen LogP contribution in [0.5, 0.6) is 0 Å². The highest BCUT2D eigenvalue weighted by Crippen LogP contribution is 2.32. The first-order chi connectivity index (χ1) is 8.48. The van der Waals surface area contributed by atoms with Crippen LogP contribution in [-0.4, -0.2) is 27.4 Å². The molecule has 0 bridgehead atoms. The predicted molar refractivity (Wildman–Crippen MR) is 65.8 cm³/mol. The van der Waals surface area contributed by atoms with Crippen molar-refractivity contribution in [3.05, 3.63) is 53.8 Å². The second kappa shape index (κ2) is 4.23. The van der Waals surface area contributed by atoms with E-state index in [4.69, 9.17) is 5.11 Å². The molecule has 18 heavy (non-hydrogen) atoms. The summed E-state index contributed by atoms with van der Waals surface area (Å²) in [4.78, 5) is 23.6. The molecule has 2 rings (SSSR count). The molecular formula is C14H12O4. The Morgan fingerprint density at radius 2 is 1.78 bits per heavy atom. The van der Waals surface area contributed by atoms with Crippen LogP contribution in [0.3, 0.4) is 0 Å². The molecule has 0 amide bonds. The van der Waals surface area contributed by atoms with Gasteiger partial charge in [-0.25, -0.2) is 0 Å². The van der Waals surface area contributed by atoms with Gasteiger partial charge in [-0.3, -0.25) is 9.59 Å². The monoisotopic (exact) mass is 244 g/mol. The Bertz CT molecular complexity index is 565. The lowest BCUT2D eigenvalue weighted by Gasteiger charge is -2.26. The minimum atomic E-state index is -2.10. The number of carbonyl (C=O) groups excluding carboxylic acids is 2. The lowest BCUT2D eigenvalue weighted by Crippen LogP contribution is -2.46. The Morgan fingerprint density at radius 1 is 1.17 bits per heavy atom. The van der Waals surface area contributed by atoms with Crippen LogP contribution in [0, 0.1) is 0 Å². The fourth-order valence-electron chi connectivity index (χ4n) is 1.83. The minimum Gasteiger partial charge on any atom is -0.515 e. The maximum atomic E-state index is 11.9. The van der Waals surface area contributed by atoms with E-state index in [2.05, 4.69) is 0 Å². The van der Waals surface area contributed by atoms with Gasteiger partial charge in [0.2, 0.25) is 5.78 Å². The molecule has 1 aliphatic carbocycles. The summed E-state index contributed by atoms with van der Waals surface area (Å²) in [6.45, 7) is 1.12. The second-order valence-corrected chi connectivity index (χ2v) is 4.23. The van der Waals surface area contributed by atoms with Crippen LogP contribution >= 0.6 is 0 Å². The Kier molecular flexibility index (Phi) is 2.88. The summed E-state index contributed by atoms with van der Waals surface area (Å²) in [6, 6.07) is 8.75. The van der Waals surface area contributed by atoms with E-state index in [-0.39, 0.29) is 5.57 Å². The fraction of sp³-hybridized carbons (Fsp3) is 0.143. The third kappa shape index (κ3) is 1.76. The Morgan fingerprint density at radius 3 is 2.33 bits per heavy atom. The van der Waals surface area contributed by atoms with Gasteiger partial charge in [0, 0.05) is 0 Å². The smallest absolute Gasteiger partial charge is 0.205 e. The molecule has 0 saturated heterocycles. The first-order valence-electron chi connectivity index (χ1n) is 5.42. The number of aliphatic hydroxyl groups is 2. The number of benzene rings is 1. The highest BCUT2D eigenvalue weighted by molar-refractivity contribution is 6.31. The Hall–Kier alpha value is -2.20. The summed E-state index contributed by atoms with van der Waals surface area (Å²) >= 11 is 0. The standard InChI is InChI=1S/C14H12O4/c1-14(18)12(16)7-10(11(8-15)13(14)17)9-5-3-2-4-6-9/h2-8,15,18H,1H3/b11-8-/t14-/m1/s1. The number of allylic oxidation sites excluding steroid dienone is 1. The molecule has 0 radical (unpaired) electrons. The van der Waals surface area contributed by atoms with Gasteiger partial charge in [0.15, 0.2) is 11.4 Å². The summed E-state index contributed by atoms with van der Waals surface area (Å²) in [5.74, 6) is -1.48. The van der Waals surface area contributed by atoms with E-state index < -0.39 is 17.2 Å². The van der Waals surface area contributed by atoms with E-state index >= 15 is 0 Å². The van der Waals surface area contributed by atoms with Crippen molar-refractivity contribution in [2.24, 2.45) is 0 Å². The van der Waals surface area contributed by atoms with Gasteiger partial charge in [0.05, 0.1) is 11.8 Å². The van der Waals surface area contributed by atoms with Gasteiger partial charge in [-0.05, 0) is 24.1 Å². The summed E-state index contributed by atoms with van der Waals surface area (Å²) in [5, 5.41) is 18.9. The third-order valence-corrected chi connectivity index (χ3v) is 2.95. The maximum absolute atomic E-state index is 11.9. The van der Waals surface area contributed by atoms with Gasteiger partial charge in [0.25, 0.3) is 0 Å². The van der Waals surface area contributed by atoms with Gasteiger partial charge in [0.1, 0.15) is 0 Å². The zero-order valence-corrected chi connectivity index (χ0v) is 9.75. The summed E-state index contributed by atoms with van der Waals surface area (Å²) < 4.78 is 0. The van der Waals surface area contributed by atoms with Crippen molar-refractivity contribution in [3.63, 3.8) is 0 Å². The largest absolute Gasteiger partial charge is 0.515 e. The van der Waals surface area contributed by atoms with Crippen LogP contribution < -0.4 is 0 Å². The predicted octanol–water partition coefficient (Wildman–Crippen LogP) is 1.41. The molecule has 0 aliphatic heterocycles. The molecular weight excluding hydrogens is 232 g/mol. The van der Waals surface area contributed by atoms with Crippen LogP contribution in [0.15, 0.2) is 48.2 Å².